The molecule has 0 aromatic carbocycles. The molecule has 0 saturated carbocycles. The lowest BCUT2D eigenvalue weighted by Gasteiger charge is -2.27. The smallest absolute Gasteiger partial charge is 0.238 e. The average Bonchev–Trinajstić information content (AvgIpc) is 2.03. The van der Waals surface area contributed by atoms with Crippen LogP contribution in [0.2, 0.25) is 0 Å². The molecular weight excluding hydrogens is 203 g/mol. The highest BCUT2D eigenvalue weighted by atomic mass is 32.2. The van der Waals surface area contributed by atoms with E-state index >= 15 is 0 Å². The van der Waals surface area contributed by atoms with Gasteiger partial charge in [0.15, 0.2) is 0 Å². The molecule has 0 unspecified atom stereocenters. The van der Waals surface area contributed by atoms with E-state index in [2.05, 4.69) is 6.92 Å². The fraction of sp³-hybridized carbons (Fsp3) is 0.750. The number of hydrogen-bond donors (Lipinski definition) is 0. The van der Waals surface area contributed by atoms with Crippen LogP contribution in [0, 0.1) is 0 Å². The SMILES string of the molecule is CCS/C=C/P(=O)(N(C)C)N(C)C. The van der Waals surface area contributed by atoms with Crippen molar-refractivity contribution < 1.29 is 4.57 Å². The molecule has 0 aromatic rings. The van der Waals surface area contributed by atoms with Crippen molar-refractivity contribution in [3.8, 4) is 0 Å². The van der Waals surface area contributed by atoms with Crippen LogP contribution in [-0.2, 0) is 4.57 Å². The third-order valence-corrected chi connectivity index (χ3v) is 5.36. The molecular formula is C8H19N2OPS. The van der Waals surface area contributed by atoms with E-state index < -0.39 is 7.44 Å². The van der Waals surface area contributed by atoms with E-state index in [0.29, 0.717) is 0 Å². The first kappa shape index (κ1) is 13.2. The van der Waals surface area contributed by atoms with Crippen LogP contribution in [0.5, 0.6) is 0 Å². The van der Waals surface area contributed by atoms with Gasteiger partial charge in [-0.15, -0.1) is 11.8 Å². The lowest BCUT2D eigenvalue weighted by molar-refractivity contribution is 0.459. The molecule has 78 valence electrons. The summed E-state index contributed by atoms with van der Waals surface area (Å²) in [7, 11) is 4.91. The van der Waals surface area contributed by atoms with Gasteiger partial charge in [0, 0.05) is 5.82 Å². The van der Waals surface area contributed by atoms with E-state index in [1.807, 2.05) is 33.6 Å². The summed E-state index contributed by atoms with van der Waals surface area (Å²) in [5, 5.41) is 1.92. The van der Waals surface area contributed by atoms with Gasteiger partial charge in [0.05, 0.1) is 0 Å². The Labute approximate surface area is 85.6 Å². The summed E-state index contributed by atoms with van der Waals surface area (Å²) in [6.45, 7) is 2.07. The maximum atomic E-state index is 12.2. The normalized spacial score (nSPS) is 13.5. The number of thioether (sulfide) groups is 1. The van der Waals surface area contributed by atoms with Gasteiger partial charge in [0.25, 0.3) is 0 Å². The zero-order valence-corrected chi connectivity index (χ0v) is 10.7. The van der Waals surface area contributed by atoms with Crippen LogP contribution in [-0.4, -0.2) is 43.3 Å². The summed E-state index contributed by atoms with van der Waals surface area (Å²) in [5.41, 5.74) is 0. The first-order chi connectivity index (χ1) is 5.95. The summed E-state index contributed by atoms with van der Waals surface area (Å²) in [5.74, 6) is 2.80. The van der Waals surface area contributed by atoms with Crippen LogP contribution < -0.4 is 0 Å². The Morgan fingerprint density at radius 3 is 2.00 bits per heavy atom. The molecule has 0 N–H and O–H groups in total. The molecule has 13 heavy (non-hydrogen) atoms. The lowest BCUT2D eigenvalue weighted by atomic mass is 11.0. The quantitative estimate of drug-likeness (QED) is 0.667. The summed E-state index contributed by atoms with van der Waals surface area (Å²) in [4.78, 5) is 0. The molecule has 0 aliphatic carbocycles. The second-order valence-electron chi connectivity index (χ2n) is 3.02. The number of hydrogen-bond acceptors (Lipinski definition) is 2. The van der Waals surface area contributed by atoms with Gasteiger partial charge in [0.2, 0.25) is 7.44 Å². The standard InChI is InChI=1S/C8H19N2OPS/c1-6-13-8-7-12(11,9(2)3)10(4)5/h7-8H,6H2,1-5H3/b8-7+. The highest BCUT2D eigenvalue weighted by molar-refractivity contribution is 8.02. The van der Waals surface area contributed by atoms with Gasteiger partial charge in [-0.05, 0) is 39.4 Å². The van der Waals surface area contributed by atoms with Crippen molar-refractivity contribution in [3.63, 3.8) is 0 Å². The van der Waals surface area contributed by atoms with Crippen LogP contribution in [0.4, 0.5) is 0 Å². The monoisotopic (exact) mass is 222 g/mol. The maximum Gasteiger partial charge on any atom is 0.238 e. The molecule has 0 amide bonds. The molecule has 0 spiro atoms. The fourth-order valence-electron chi connectivity index (χ4n) is 0.843. The Kier molecular flexibility index (Phi) is 5.97. The first-order valence-corrected chi connectivity index (χ1v) is 6.92. The third kappa shape index (κ3) is 3.86. The first-order valence-electron chi connectivity index (χ1n) is 4.19. The summed E-state index contributed by atoms with van der Waals surface area (Å²) in [6, 6.07) is 0. The van der Waals surface area contributed by atoms with Crippen molar-refractivity contribution in [1.29, 1.82) is 0 Å². The number of rotatable bonds is 5. The van der Waals surface area contributed by atoms with Crippen molar-refractivity contribution >= 4 is 19.2 Å². The third-order valence-electron chi connectivity index (χ3n) is 1.66. The van der Waals surface area contributed by atoms with E-state index in [0.717, 1.165) is 5.75 Å². The zero-order valence-electron chi connectivity index (χ0n) is 9.02. The van der Waals surface area contributed by atoms with E-state index in [9.17, 15) is 4.57 Å². The minimum Gasteiger partial charge on any atom is -0.284 e. The largest absolute Gasteiger partial charge is 0.284 e. The predicted octanol–water partition coefficient (Wildman–Crippen LogP) is 2.53. The van der Waals surface area contributed by atoms with E-state index in [4.69, 9.17) is 0 Å². The fourth-order valence-corrected chi connectivity index (χ4v) is 3.26. The molecule has 0 heterocycles. The lowest BCUT2D eigenvalue weighted by Crippen LogP contribution is -2.19. The molecule has 0 saturated heterocycles. The molecule has 0 rings (SSSR count). The van der Waals surface area contributed by atoms with Crippen LogP contribution >= 0.6 is 19.2 Å². The molecule has 0 aliphatic heterocycles. The van der Waals surface area contributed by atoms with Gasteiger partial charge in [-0.2, -0.15) is 0 Å². The van der Waals surface area contributed by atoms with E-state index in [1.165, 1.54) is 0 Å². The minimum atomic E-state index is -2.43. The minimum absolute atomic E-state index is 1.01. The van der Waals surface area contributed by atoms with Crippen molar-refractivity contribution in [2.45, 2.75) is 6.92 Å². The predicted molar refractivity (Wildman–Crippen MR) is 62.3 cm³/mol. The summed E-state index contributed by atoms with van der Waals surface area (Å²) >= 11 is 1.66. The topological polar surface area (TPSA) is 23.6 Å². The molecule has 0 atom stereocenters. The Morgan fingerprint density at radius 2 is 1.69 bits per heavy atom. The Bertz CT molecular complexity index is 204. The van der Waals surface area contributed by atoms with Gasteiger partial charge in [-0.1, -0.05) is 6.92 Å². The van der Waals surface area contributed by atoms with E-state index in [1.54, 1.807) is 26.9 Å². The second kappa shape index (κ2) is 5.86. The van der Waals surface area contributed by atoms with Gasteiger partial charge in [-0.25, -0.2) is 9.34 Å². The van der Waals surface area contributed by atoms with Gasteiger partial charge in [0.1, 0.15) is 0 Å². The van der Waals surface area contributed by atoms with Crippen LogP contribution in [0.1, 0.15) is 6.92 Å². The van der Waals surface area contributed by atoms with Crippen molar-refractivity contribution in [1.82, 2.24) is 9.34 Å². The zero-order chi connectivity index (χ0) is 10.5. The molecule has 0 bridgehead atoms. The van der Waals surface area contributed by atoms with Gasteiger partial charge >= 0.3 is 0 Å². The van der Waals surface area contributed by atoms with Crippen LogP contribution in [0.25, 0.3) is 0 Å². The molecule has 0 fully saturated rings. The number of nitrogens with zero attached hydrogens (tertiary/aromatic N) is 2. The molecule has 0 radical (unpaired) electrons. The highest BCUT2D eigenvalue weighted by Crippen LogP contribution is 2.51. The maximum absolute atomic E-state index is 12.2. The van der Waals surface area contributed by atoms with Crippen molar-refractivity contribution in [2.24, 2.45) is 0 Å². The second-order valence-corrected chi connectivity index (χ2v) is 7.28. The average molecular weight is 222 g/mol. The van der Waals surface area contributed by atoms with Gasteiger partial charge < -0.3 is 0 Å². The van der Waals surface area contributed by atoms with Crippen molar-refractivity contribution in [2.75, 3.05) is 33.9 Å². The Balaban J connectivity index is 4.53. The van der Waals surface area contributed by atoms with Crippen molar-refractivity contribution in [3.05, 3.63) is 11.2 Å². The summed E-state index contributed by atoms with van der Waals surface area (Å²) in [6.07, 6.45) is 0. The molecule has 3 nitrogen and oxygen atoms in total. The molecule has 0 aliphatic rings. The Morgan fingerprint density at radius 1 is 1.23 bits per heavy atom. The molecule has 5 heteroatoms. The van der Waals surface area contributed by atoms with Crippen LogP contribution in [0.15, 0.2) is 11.2 Å². The van der Waals surface area contributed by atoms with Crippen LogP contribution in [0.3, 0.4) is 0 Å². The summed E-state index contributed by atoms with van der Waals surface area (Å²) < 4.78 is 15.8. The highest BCUT2D eigenvalue weighted by Gasteiger charge is 2.23. The Hall–Kier alpha value is 0.240. The van der Waals surface area contributed by atoms with E-state index in [-0.39, 0.29) is 0 Å². The van der Waals surface area contributed by atoms with Gasteiger partial charge in [-0.3, -0.25) is 4.57 Å². The molecule has 0 aromatic heterocycles.